The van der Waals surface area contributed by atoms with Crippen molar-refractivity contribution in [2.75, 3.05) is 31.1 Å². The van der Waals surface area contributed by atoms with Crippen LogP contribution in [-0.2, 0) is 6.42 Å². The van der Waals surface area contributed by atoms with Gasteiger partial charge in [0.25, 0.3) is 0 Å². The number of benzene rings is 1. The summed E-state index contributed by atoms with van der Waals surface area (Å²) in [5.41, 5.74) is 5.84. The maximum Gasteiger partial charge on any atom is 0.0399 e. The summed E-state index contributed by atoms with van der Waals surface area (Å²) >= 11 is 0. The van der Waals surface area contributed by atoms with Crippen LogP contribution >= 0.6 is 0 Å². The van der Waals surface area contributed by atoms with Gasteiger partial charge in [-0.2, -0.15) is 0 Å². The molecule has 1 aliphatic heterocycles. The molecule has 2 heteroatoms. The van der Waals surface area contributed by atoms with Crippen molar-refractivity contribution in [3.05, 3.63) is 28.8 Å². The Kier molecular flexibility index (Phi) is 3.49. The first-order chi connectivity index (χ1) is 7.74. The van der Waals surface area contributed by atoms with Gasteiger partial charge < -0.3 is 10.2 Å². The van der Waals surface area contributed by atoms with Gasteiger partial charge in [0.1, 0.15) is 0 Å². The molecule has 0 aromatic heterocycles. The van der Waals surface area contributed by atoms with Crippen molar-refractivity contribution >= 4 is 5.69 Å². The fraction of sp³-hybridized carbons (Fsp3) is 0.571. The number of rotatable bonds is 2. The third kappa shape index (κ3) is 2.07. The summed E-state index contributed by atoms with van der Waals surface area (Å²) in [7, 11) is 0. The highest BCUT2D eigenvalue weighted by Crippen LogP contribution is 2.26. The van der Waals surface area contributed by atoms with E-state index in [1.807, 2.05) is 0 Å². The predicted octanol–water partition coefficient (Wildman–Crippen LogP) is 2.28. The van der Waals surface area contributed by atoms with Crippen LogP contribution in [0.1, 0.15) is 23.6 Å². The summed E-state index contributed by atoms with van der Waals surface area (Å²) in [6, 6.07) is 4.59. The average Bonchev–Trinajstić information content (AvgIpc) is 2.34. The summed E-state index contributed by atoms with van der Waals surface area (Å²) in [5, 5.41) is 3.40. The second kappa shape index (κ2) is 4.88. The smallest absolute Gasteiger partial charge is 0.0399 e. The van der Waals surface area contributed by atoms with Crippen molar-refractivity contribution in [3.63, 3.8) is 0 Å². The Bertz CT molecular complexity index is 365. The monoisotopic (exact) mass is 218 g/mol. The van der Waals surface area contributed by atoms with E-state index < -0.39 is 0 Å². The number of hydrogen-bond acceptors (Lipinski definition) is 2. The number of hydrogen-bond donors (Lipinski definition) is 1. The molecule has 0 atom stereocenters. The van der Waals surface area contributed by atoms with Gasteiger partial charge in [0.2, 0.25) is 0 Å². The van der Waals surface area contributed by atoms with Crippen molar-refractivity contribution in [2.24, 2.45) is 0 Å². The Labute approximate surface area is 98.7 Å². The van der Waals surface area contributed by atoms with Crippen molar-refractivity contribution < 1.29 is 0 Å². The fourth-order valence-corrected chi connectivity index (χ4v) is 2.49. The normalized spacial score (nSPS) is 16.6. The first kappa shape index (κ1) is 11.5. The number of piperazine rings is 1. The van der Waals surface area contributed by atoms with Gasteiger partial charge in [0.15, 0.2) is 0 Å². The third-order valence-electron chi connectivity index (χ3n) is 3.71. The average molecular weight is 218 g/mol. The molecule has 0 aliphatic carbocycles. The molecular weight excluding hydrogens is 196 g/mol. The van der Waals surface area contributed by atoms with Crippen LogP contribution in [0.15, 0.2) is 12.1 Å². The molecule has 0 bridgehead atoms. The zero-order chi connectivity index (χ0) is 11.5. The van der Waals surface area contributed by atoms with E-state index in [0.717, 1.165) is 32.6 Å². The molecule has 2 nitrogen and oxygen atoms in total. The van der Waals surface area contributed by atoms with Crippen LogP contribution in [-0.4, -0.2) is 26.2 Å². The maximum absolute atomic E-state index is 3.40. The van der Waals surface area contributed by atoms with E-state index in [4.69, 9.17) is 0 Å². The lowest BCUT2D eigenvalue weighted by atomic mass is 9.99. The van der Waals surface area contributed by atoms with Crippen LogP contribution in [0.2, 0.25) is 0 Å². The second-order valence-electron chi connectivity index (χ2n) is 4.58. The van der Waals surface area contributed by atoms with E-state index in [0.29, 0.717) is 0 Å². The summed E-state index contributed by atoms with van der Waals surface area (Å²) in [5.74, 6) is 0. The summed E-state index contributed by atoms with van der Waals surface area (Å²) in [4.78, 5) is 2.50. The van der Waals surface area contributed by atoms with Gasteiger partial charge in [-0.15, -0.1) is 0 Å². The van der Waals surface area contributed by atoms with Gasteiger partial charge >= 0.3 is 0 Å². The van der Waals surface area contributed by atoms with Gasteiger partial charge in [-0.25, -0.2) is 0 Å². The number of nitrogens with one attached hydrogen (secondary N) is 1. The SMILES string of the molecule is CCc1ccc(N2CCNCC2)c(C)c1C. The highest BCUT2D eigenvalue weighted by atomic mass is 15.2. The van der Waals surface area contributed by atoms with Crippen molar-refractivity contribution in [1.82, 2.24) is 5.32 Å². The Morgan fingerprint density at radius 2 is 1.81 bits per heavy atom. The Morgan fingerprint density at radius 3 is 2.44 bits per heavy atom. The Balaban J connectivity index is 2.30. The summed E-state index contributed by atoms with van der Waals surface area (Å²) in [6.07, 6.45) is 1.13. The molecule has 1 aromatic carbocycles. The first-order valence-corrected chi connectivity index (χ1v) is 6.28. The van der Waals surface area contributed by atoms with E-state index in [2.05, 4.69) is 43.1 Å². The van der Waals surface area contributed by atoms with Gasteiger partial charge in [0, 0.05) is 31.9 Å². The van der Waals surface area contributed by atoms with Crippen LogP contribution in [0.3, 0.4) is 0 Å². The molecule has 1 saturated heterocycles. The topological polar surface area (TPSA) is 15.3 Å². The predicted molar refractivity (Wildman–Crippen MR) is 70.4 cm³/mol. The van der Waals surface area contributed by atoms with Crippen molar-refractivity contribution in [3.8, 4) is 0 Å². The number of anilines is 1. The van der Waals surface area contributed by atoms with Crippen LogP contribution in [0.4, 0.5) is 5.69 Å². The number of nitrogens with zero attached hydrogens (tertiary/aromatic N) is 1. The van der Waals surface area contributed by atoms with Gasteiger partial charge in [0.05, 0.1) is 0 Å². The second-order valence-corrected chi connectivity index (χ2v) is 4.58. The van der Waals surface area contributed by atoms with E-state index in [1.54, 1.807) is 0 Å². The molecule has 0 spiro atoms. The van der Waals surface area contributed by atoms with E-state index in [1.165, 1.54) is 22.4 Å². The highest BCUT2D eigenvalue weighted by Gasteiger charge is 2.14. The lowest BCUT2D eigenvalue weighted by Crippen LogP contribution is -2.43. The molecule has 1 aromatic rings. The van der Waals surface area contributed by atoms with Crippen LogP contribution in [0.25, 0.3) is 0 Å². The standard InChI is InChI=1S/C14H22N2/c1-4-13-5-6-14(12(3)11(13)2)16-9-7-15-8-10-16/h5-6,15H,4,7-10H2,1-3H3. The van der Waals surface area contributed by atoms with Crippen molar-refractivity contribution in [2.45, 2.75) is 27.2 Å². The first-order valence-electron chi connectivity index (χ1n) is 6.28. The Hall–Kier alpha value is -1.02. The largest absolute Gasteiger partial charge is 0.369 e. The van der Waals surface area contributed by atoms with Crippen molar-refractivity contribution in [1.29, 1.82) is 0 Å². The molecule has 88 valence electrons. The summed E-state index contributed by atoms with van der Waals surface area (Å²) in [6.45, 7) is 11.2. The zero-order valence-corrected chi connectivity index (χ0v) is 10.6. The molecule has 16 heavy (non-hydrogen) atoms. The van der Waals surface area contributed by atoms with E-state index in [9.17, 15) is 0 Å². The minimum absolute atomic E-state index is 1.11. The molecule has 1 fully saturated rings. The van der Waals surface area contributed by atoms with Gasteiger partial charge in [-0.1, -0.05) is 13.0 Å². The lowest BCUT2D eigenvalue weighted by molar-refractivity contribution is 0.588. The maximum atomic E-state index is 3.40. The third-order valence-corrected chi connectivity index (χ3v) is 3.71. The molecule has 1 N–H and O–H groups in total. The highest BCUT2D eigenvalue weighted by molar-refractivity contribution is 5.58. The zero-order valence-electron chi connectivity index (χ0n) is 10.6. The van der Waals surface area contributed by atoms with Gasteiger partial charge in [-0.05, 0) is 43.0 Å². The quantitative estimate of drug-likeness (QED) is 0.819. The molecule has 0 saturated carbocycles. The minimum Gasteiger partial charge on any atom is -0.369 e. The summed E-state index contributed by atoms with van der Waals surface area (Å²) < 4.78 is 0. The molecule has 2 rings (SSSR count). The van der Waals surface area contributed by atoms with Crippen LogP contribution in [0.5, 0.6) is 0 Å². The van der Waals surface area contributed by atoms with Crippen LogP contribution in [0, 0.1) is 13.8 Å². The molecule has 1 heterocycles. The number of aryl methyl sites for hydroxylation is 1. The molecular formula is C14H22N2. The molecule has 0 unspecified atom stereocenters. The molecule has 0 amide bonds. The van der Waals surface area contributed by atoms with E-state index in [-0.39, 0.29) is 0 Å². The van der Waals surface area contributed by atoms with Gasteiger partial charge in [-0.3, -0.25) is 0 Å². The minimum atomic E-state index is 1.11. The lowest BCUT2D eigenvalue weighted by Gasteiger charge is -2.31. The van der Waals surface area contributed by atoms with Crippen LogP contribution < -0.4 is 10.2 Å². The fourth-order valence-electron chi connectivity index (χ4n) is 2.49. The molecule has 1 aliphatic rings. The Morgan fingerprint density at radius 1 is 1.12 bits per heavy atom. The molecule has 0 radical (unpaired) electrons. The van der Waals surface area contributed by atoms with E-state index >= 15 is 0 Å².